The molecule has 0 saturated heterocycles. The molecule has 5 nitrogen and oxygen atoms in total. The first-order chi connectivity index (χ1) is 8.04. The Kier molecular flexibility index (Phi) is 4.59. The van der Waals surface area contributed by atoms with Crippen molar-refractivity contribution in [2.45, 2.75) is 0 Å². The molecular weight excluding hydrogens is 238 g/mol. The van der Waals surface area contributed by atoms with Crippen LogP contribution in [0.25, 0.3) is 0 Å². The summed E-state index contributed by atoms with van der Waals surface area (Å²) in [7, 11) is 1.50. The number of nitrogens with two attached hydrogens (primary N) is 1. The van der Waals surface area contributed by atoms with Crippen molar-refractivity contribution >= 4 is 29.0 Å². The third kappa shape index (κ3) is 3.84. The van der Waals surface area contributed by atoms with Crippen molar-refractivity contribution in [3.05, 3.63) is 35.4 Å². The van der Waals surface area contributed by atoms with E-state index in [0.29, 0.717) is 11.1 Å². The summed E-state index contributed by atoms with van der Waals surface area (Å²) in [5, 5.41) is 4.89. The Morgan fingerprint density at radius 2 is 2.00 bits per heavy atom. The summed E-state index contributed by atoms with van der Waals surface area (Å²) < 4.78 is 0. The van der Waals surface area contributed by atoms with E-state index in [0.717, 1.165) is 0 Å². The maximum Gasteiger partial charge on any atom is 0.251 e. The zero-order valence-electron chi connectivity index (χ0n) is 9.32. The number of thiocarbonyl (C=S) groups is 1. The second-order valence-corrected chi connectivity index (χ2v) is 3.74. The minimum atomic E-state index is -0.341. The lowest BCUT2D eigenvalue weighted by Crippen LogP contribution is -2.35. The van der Waals surface area contributed by atoms with E-state index >= 15 is 0 Å². The zero-order valence-corrected chi connectivity index (χ0v) is 10.1. The molecule has 1 aromatic rings. The van der Waals surface area contributed by atoms with Gasteiger partial charge in [-0.2, -0.15) is 0 Å². The molecule has 6 heteroatoms. The fraction of sp³-hybridized carbons (Fsp3) is 0.182. The maximum atomic E-state index is 11.7. The van der Waals surface area contributed by atoms with Crippen molar-refractivity contribution in [3.8, 4) is 0 Å². The van der Waals surface area contributed by atoms with E-state index < -0.39 is 0 Å². The Balaban J connectivity index is 2.72. The van der Waals surface area contributed by atoms with Crippen LogP contribution < -0.4 is 16.4 Å². The molecule has 0 aliphatic heterocycles. The van der Waals surface area contributed by atoms with E-state index in [1.807, 2.05) is 0 Å². The van der Waals surface area contributed by atoms with Crippen LogP contribution in [0.2, 0.25) is 0 Å². The average Bonchev–Trinajstić information content (AvgIpc) is 2.35. The van der Waals surface area contributed by atoms with Crippen LogP contribution in [-0.4, -0.2) is 30.4 Å². The Bertz CT molecular complexity index is 460. The molecule has 0 aliphatic rings. The molecule has 0 bridgehead atoms. The molecule has 90 valence electrons. The van der Waals surface area contributed by atoms with Gasteiger partial charge in [-0.25, -0.2) is 0 Å². The van der Waals surface area contributed by atoms with Crippen LogP contribution in [0.5, 0.6) is 0 Å². The molecule has 0 atom stereocenters. The van der Waals surface area contributed by atoms with Crippen LogP contribution in [-0.2, 0) is 4.79 Å². The fourth-order valence-corrected chi connectivity index (χ4v) is 1.29. The molecule has 0 fully saturated rings. The highest BCUT2D eigenvalue weighted by Crippen LogP contribution is 2.05. The number of hydrogen-bond acceptors (Lipinski definition) is 3. The van der Waals surface area contributed by atoms with Gasteiger partial charge in [0.1, 0.15) is 4.99 Å². The molecule has 17 heavy (non-hydrogen) atoms. The van der Waals surface area contributed by atoms with Gasteiger partial charge in [-0.1, -0.05) is 24.4 Å². The highest BCUT2D eigenvalue weighted by molar-refractivity contribution is 7.80. The molecule has 0 unspecified atom stereocenters. The van der Waals surface area contributed by atoms with Crippen molar-refractivity contribution in [1.29, 1.82) is 0 Å². The first kappa shape index (κ1) is 13.1. The summed E-state index contributed by atoms with van der Waals surface area (Å²) in [4.78, 5) is 22.8. The van der Waals surface area contributed by atoms with E-state index in [1.54, 1.807) is 24.3 Å². The van der Waals surface area contributed by atoms with Gasteiger partial charge in [0.2, 0.25) is 5.91 Å². The number of nitrogens with one attached hydrogen (secondary N) is 2. The molecular formula is C11H13N3O2S. The van der Waals surface area contributed by atoms with Gasteiger partial charge >= 0.3 is 0 Å². The quantitative estimate of drug-likeness (QED) is 0.647. The number of rotatable bonds is 4. The number of carbonyl (C=O) groups is 2. The summed E-state index contributed by atoms with van der Waals surface area (Å²) >= 11 is 4.82. The van der Waals surface area contributed by atoms with Gasteiger partial charge in [-0.05, 0) is 12.1 Å². The lowest BCUT2D eigenvalue weighted by atomic mass is 10.1. The highest BCUT2D eigenvalue weighted by atomic mass is 32.1. The van der Waals surface area contributed by atoms with Gasteiger partial charge in [0.25, 0.3) is 5.91 Å². The standard InChI is InChI=1S/C11H13N3O2S/c1-13-9(15)6-14-11(16)8-4-2-3-7(5-8)10(12)17/h2-5H,6H2,1H3,(H2,12,17)(H,13,15)(H,14,16). The van der Waals surface area contributed by atoms with E-state index in [4.69, 9.17) is 18.0 Å². The molecule has 1 rings (SSSR count). The summed E-state index contributed by atoms with van der Waals surface area (Å²) in [6, 6.07) is 6.61. The van der Waals surface area contributed by atoms with Crippen molar-refractivity contribution < 1.29 is 9.59 Å². The number of benzene rings is 1. The summed E-state index contributed by atoms with van der Waals surface area (Å²) in [5.41, 5.74) is 6.50. The lowest BCUT2D eigenvalue weighted by Gasteiger charge is -2.05. The zero-order chi connectivity index (χ0) is 12.8. The molecule has 0 saturated carbocycles. The van der Waals surface area contributed by atoms with Crippen LogP contribution in [0.15, 0.2) is 24.3 Å². The number of likely N-dealkylation sites (N-methyl/N-ethyl adjacent to an activating group) is 1. The molecule has 1 aromatic carbocycles. The van der Waals surface area contributed by atoms with Crippen LogP contribution in [0.1, 0.15) is 15.9 Å². The summed E-state index contributed by atoms with van der Waals surface area (Å²) in [5.74, 6) is -0.601. The smallest absolute Gasteiger partial charge is 0.251 e. The number of hydrogen-bond donors (Lipinski definition) is 3. The Morgan fingerprint density at radius 3 is 2.59 bits per heavy atom. The SMILES string of the molecule is CNC(=O)CNC(=O)c1cccc(C(N)=S)c1. The Morgan fingerprint density at radius 1 is 1.35 bits per heavy atom. The van der Waals surface area contributed by atoms with Crippen molar-refractivity contribution in [1.82, 2.24) is 10.6 Å². The van der Waals surface area contributed by atoms with Crippen LogP contribution in [0, 0.1) is 0 Å². The topological polar surface area (TPSA) is 84.2 Å². The molecule has 0 radical (unpaired) electrons. The minimum absolute atomic E-state index is 0.0629. The Hall–Kier alpha value is -1.95. The second-order valence-electron chi connectivity index (χ2n) is 3.30. The van der Waals surface area contributed by atoms with E-state index in [1.165, 1.54) is 7.05 Å². The van der Waals surface area contributed by atoms with Crippen molar-refractivity contribution in [2.75, 3.05) is 13.6 Å². The normalized spacial score (nSPS) is 9.47. The molecule has 0 heterocycles. The molecule has 0 aromatic heterocycles. The highest BCUT2D eigenvalue weighted by Gasteiger charge is 2.08. The monoisotopic (exact) mass is 251 g/mol. The van der Waals surface area contributed by atoms with Crippen molar-refractivity contribution in [3.63, 3.8) is 0 Å². The van der Waals surface area contributed by atoms with E-state index in [-0.39, 0.29) is 23.3 Å². The third-order valence-electron chi connectivity index (χ3n) is 2.10. The van der Waals surface area contributed by atoms with Gasteiger partial charge < -0.3 is 16.4 Å². The fourth-order valence-electron chi connectivity index (χ4n) is 1.16. The maximum absolute atomic E-state index is 11.7. The minimum Gasteiger partial charge on any atom is -0.389 e. The van der Waals surface area contributed by atoms with E-state index in [2.05, 4.69) is 10.6 Å². The molecule has 4 N–H and O–H groups in total. The summed E-state index contributed by atoms with van der Waals surface area (Å²) in [6.07, 6.45) is 0. The van der Waals surface area contributed by atoms with E-state index in [9.17, 15) is 9.59 Å². The third-order valence-corrected chi connectivity index (χ3v) is 2.33. The molecule has 2 amide bonds. The largest absolute Gasteiger partial charge is 0.389 e. The van der Waals surface area contributed by atoms with Gasteiger partial charge in [-0.15, -0.1) is 0 Å². The number of amides is 2. The average molecular weight is 251 g/mol. The first-order valence-corrected chi connectivity index (χ1v) is 5.34. The van der Waals surface area contributed by atoms with Crippen LogP contribution in [0.4, 0.5) is 0 Å². The lowest BCUT2D eigenvalue weighted by molar-refractivity contribution is -0.119. The van der Waals surface area contributed by atoms with Gasteiger partial charge in [0.05, 0.1) is 6.54 Å². The van der Waals surface area contributed by atoms with Crippen LogP contribution >= 0.6 is 12.2 Å². The predicted octanol–water partition coefficient (Wildman–Crippen LogP) is -0.203. The Labute approximate surface area is 104 Å². The second kappa shape index (κ2) is 5.95. The number of carbonyl (C=O) groups excluding carboxylic acids is 2. The predicted molar refractivity (Wildman–Crippen MR) is 68.7 cm³/mol. The van der Waals surface area contributed by atoms with Gasteiger partial charge in [-0.3, -0.25) is 9.59 Å². The van der Waals surface area contributed by atoms with Crippen LogP contribution in [0.3, 0.4) is 0 Å². The first-order valence-electron chi connectivity index (χ1n) is 4.93. The molecule has 0 aliphatic carbocycles. The van der Waals surface area contributed by atoms with Gasteiger partial charge in [0.15, 0.2) is 0 Å². The van der Waals surface area contributed by atoms with Gasteiger partial charge in [0, 0.05) is 18.2 Å². The summed E-state index contributed by atoms with van der Waals surface area (Å²) in [6.45, 7) is -0.0629. The molecule has 0 spiro atoms. The van der Waals surface area contributed by atoms with Crippen molar-refractivity contribution in [2.24, 2.45) is 5.73 Å².